The van der Waals surface area contributed by atoms with Crippen molar-refractivity contribution in [3.8, 4) is 11.5 Å². The van der Waals surface area contributed by atoms with Gasteiger partial charge < -0.3 is 9.47 Å². The average Bonchev–Trinajstić information content (AvgIpc) is 3.17. The topological polar surface area (TPSA) is 94.3 Å². The number of non-ortho nitro benzene ring substituents is 1. The second-order valence-corrected chi connectivity index (χ2v) is 9.57. The molecule has 1 aliphatic heterocycles. The first-order chi connectivity index (χ1) is 17.4. The molecule has 1 aliphatic rings. The molecule has 1 fully saturated rings. The summed E-state index contributed by atoms with van der Waals surface area (Å²) >= 11 is 4.79. The van der Waals surface area contributed by atoms with Gasteiger partial charge in [-0.15, -0.1) is 0 Å². The molecule has 0 atom stereocenters. The monoisotopic (exact) mass is 567 g/mol. The molecule has 184 valence electrons. The van der Waals surface area contributed by atoms with Crippen LogP contribution >= 0.6 is 27.7 Å². The summed E-state index contributed by atoms with van der Waals surface area (Å²) in [4.78, 5) is 30.4. The van der Waals surface area contributed by atoms with Crippen LogP contribution in [0.2, 0.25) is 0 Å². The number of hydrogen-bond acceptors (Lipinski definition) is 7. The fourth-order valence-electron chi connectivity index (χ4n) is 3.42. The Hall–Kier alpha value is -3.63. The molecule has 0 spiro atoms. The van der Waals surface area contributed by atoms with Gasteiger partial charge in [0.25, 0.3) is 11.6 Å². The van der Waals surface area contributed by atoms with Crippen LogP contribution in [-0.2, 0) is 11.4 Å². The van der Waals surface area contributed by atoms with Crippen LogP contribution in [0.5, 0.6) is 11.5 Å². The fraction of sp³-hybridized carbons (Fsp3) is 0.154. The van der Waals surface area contributed by atoms with Gasteiger partial charge in [-0.25, -0.2) is 4.99 Å². The summed E-state index contributed by atoms with van der Waals surface area (Å²) in [6, 6.07) is 19.1. The van der Waals surface area contributed by atoms with Crippen LogP contribution in [0, 0.1) is 10.1 Å². The molecule has 10 heteroatoms. The van der Waals surface area contributed by atoms with Gasteiger partial charge in [0, 0.05) is 28.7 Å². The van der Waals surface area contributed by atoms with E-state index >= 15 is 0 Å². The number of methoxy groups -OCH3 is 1. The lowest BCUT2D eigenvalue weighted by atomic mass is 10.1. The van der Waals surface area contributed by atoms with Gasteiger partial charge in [0.1, 0.15) is 18.1 Å². The van der Waals surface area contributed by atoms with E-state index in [1.165, 1.54) is 23.9 Å². The highest BCUT2D eigenvalue weighted by atomic mass is 79.9. The second-order valence-electron chi connectivity index (χ2n) is 7.65. The molecule has 0 radical (unpaired) electrons. The van der Waals surface area contributed by atoms with E-state index < -0.39 is 4.92 Å². The fourth-order valence-corrected chi connectivity index (χ4v) is 4.85. The molecule has 1 heterocycles. The lowest BCUT2D eigenvalue weighted by Gasteiger charge is -2.12. The maximum absolute atomic E-state index is 13.1. The molecule has 0 unspecified atom stereocenters. The predicted octanol–water partition coefficient (Wildman–Crippen LogP) is 6.57. The van der Waals surface area contributed by atoms with Crippen molar-refractivity contribution in [2.75, 3.05) is 13.7 Å². The van der Waals surface area contributed by atoms with Crippen molar-refractivity contribution in [2.45, 2.75) is 13.5 Å². The molecule has 3 aromatic rings. The number of rotatable bonds is 8. The molecule has 0 aliphatic carbocycles. The van der Waals surface area contributed by atoms with Crippen molar-refractivity contribution in [1.82, 2.24) is 4.90 Å². The van der Waals surface area contributed by atoms with E-state index in [4.69, 9.17) is 9.47 Å². The Bertz CT molecular complexity index is 1340. The standard InChI is InChI=1S/C26H22BrN3O5S/c1-3-29-25(31)24(36-26(29)28-20-7-11-22(34-2)12-8-20)15-18-14-19(27)6-13-23(18)35-16-17-4-9-21(10-5-17)30(32)33/h4-15H,3,16H2,1-2H3/b24-15+,28-26?. The summed E-state index contributed by atoms with van der Waals surface area (Å²) in [6.07, 6.45) is 1.79. The number of amidine groups is 1. The summed E-state index contributed by atoms with van der Waals surface area (Å²) < 4.78 is 12.0. The first kappa shape index (κ1) is 25.5. The summed E-state index contributed by atoms with van der Waals surface area (Å²) in [5, 5.41) is 11.5. The number of aliphatic imine (C=N–C) groups is 1. The number of benzene rings is 3. The highest BCUT2D eigenvalue weighted by molar-refractivity contribution is 9.10. The number of hydrogen-bond donors (Lipinski definition) is 0. The number of carbonyl (C=O) groups is 1. The number of halogens is 1. The first-order valence-corrected chi connectivity index (χ1v) is 12.6. The van der Waals surface area contributed by atoms with E-state index in [0.29, 0.717) is 22.4 Å². The molecule has 1 saturated heterocycles. The van der Waals surface area contributed by atoms with Crippen LogP contribution in [0.3, 0.4) is 0 Å². The summed E-state index contributed by atoms with van der Waals surface area (Å²) in [5.74, 6) is 1.19. The summed E-state index contributed by atoms with van der Waals surface area (Å²) in [5.41, 5.74) is 2.26. The van der Waals surface area contributed by atoms with Crippen LogP contribution in [0.1, 0.15) is 18.1 Å². The summed E-state index contributed by atoms with van der Waals surface area (Å²) in [7, 11) is 1.61. The zero-order valence-electron chi connectivity index (χ0n) is 19.5. The van der Waals surface area contributed by atoms with Crippen LogP contribution in [0.25, 0.3) is 6.08 Å². The Kier molecular flexibility index (Phi) is 8.07. The Balaban J connectivity index is 1.57. The number of nitrogens with zero attached hydrogens (tertiary/aromatic N) is 3. The van der Waals surface area contributed by atoms with E-state index in [1.54, 1.807) is 30.2 Å². The number of thioether (sulfide) groups is 1. The van der Waals surface area contributed by atoms with Gasteiger partial charge in [-0.05, 0) is 84.9 Å². The van der Waals surface area contributed by atoms with E-state index in [-0.39, 0.29) is 18.2 Å². The Morgan fingerprint density at radius 1 is 1.11 bits per heavy atom. The van der Waals surface area contributed by atoms with Crippen LogP contribution < -0.4 is 9.47 Å². The average molecular weight is 568 g/mol. The van der Waals surface area contributed by atoms with Crippen LogP contribution in [0.4, 0.5) is 11.4 Å². The highest BCUT2D eigenvalue weighted by Gasteiger charge is 2.32. The second kappa shape index (κ2) is 11.4. The molecule has 1 amide bonds. The van der Waals surface area contributed by atoms with Crippen molar-refractivity contribution in [3.05, 3.63) is 97.3 Å². The first-order valence-electron chi connectivity index (χ1n) is 11.0. The number of likely N-dealkylation sites (N-methyl/N-ethyl adjacent to an activating group) is 1. The van der Waals surface area contributed by atoms with Gasteiger partial charge in [0.15, 0.2) is 5.17 Å². The largest absolute Gasteiger partial charge is 0.497 e. The molecular formula is C26H22BrN3O5S. The van der Waals surface area contributed by atoms with Gasteiger partial charge in [0.2, 0.25) is 0 Å². The normalized spacial score (nSPS) is 15.5. The molecule has 36 heavy (non-hydrogen) atoms. The third-order valence-corrected chi connectivity index (χ3v) is 6.80. The van der Waals surface area contributed by atoms with Crippen molar-refractivity contribution in [2.24, 2.45) is 4.99 Å². The zero-order valence-corrected chi connectivity index (χ0v) is 21.9. The molecule has 0 bridgehead atoms. The number of nitro groups is 1. The number of carbonyl (C=O) groups excluding carboxylic acids is 1. The molecular weight excluding hydrogens is 546 g/mol. The number of amides is 1. The molecule has 0 N–H and O–H groups in total. The SMILES string of the molecule is CCN1C(=O)/C(=C\c2cc(Br)ccc2OCc2ccc([N+](=O)[O-])cc2)SC1=Nc1ccc(OC)cc1. The van der Waals surface area contributed by atoms with Crippen LogP contribution in [0.15, 0.2) is 81.1 Å². The molecule has 0 saturated carbocycles. The van der Waals surface area contributed by atoms with Gasteiger partial charge in [-0.1, -0.05) is 15.9 Å². The molecule has 8 nitrogen and oxygen atoms in total. The maximum atomic E-state index is 13.1. The van der Waals surface area contributed by atoms with Crippen molar-refractivity contribution >= 4 is 56.2 Å². The smallest absolute Gasteiger partial charge is 0.269 e. The van der Waals surface area contributed by atoms with E-state index in [1.807, 2.05) is 49.4 Å². The van der Waals surface area contributed by atoms with Gasteiger partial charge >= 0.3 is 0 Å². The molecule has 3 aromatic carbocycles. The van der Waals surface area contributed by atoms with Crippen LogP contribution in [-0.4, -0.2) is 34.6 Å². The minimum atomic E-state index is -0.439. The molecule has 4 rings (SSSR count). The minimum Gasteiger partial charge on any atom is -0.497 e. The third-order valence-electron chi connectivity index (χ3n) is 5.30. The van der Waals surface area contributed by atoms with Crippen molar-refractivity contribution in [1.29, 1.82) is 0 Å². The Labute approximate surface area is 220 Å². The molecule has 0 aromatic heterocycles. The van der Waals surface area contributed by atoms with Crippen molar-refractivity contribution in [3.63, 3.8) is 0 Å². The van der Waals surface area contributed by atoms with Crippen molar-refractivity contribution < 1.29 is 19.2 Å². The minimum absolute atomic E-state index is 0.0252. The Morgan fingerprint density at radius 3 is 2.47 bits per heavy atom. The van der Waals surface area contributed by atoms with Gasteiger partial charge in [-0.2, -0.15) is 0 Å². The highest BCUT2D eigenvalue weighted by Crippen LogP contribution is 2.36. The van der Waals surface area contributed by atoms with Gasteiger partial charge in [-0.3, -0.25) is 19.8 Å². The van der Waals surface area contributed by atoms with E-state index in [2.05, 4.69) is 20.9 Å². The lowest BCUT2D eigenvalue weighted by molar-refractivity contribution is -0.384. The number of ether oxygens (including phenoxy) is 2. The third kappa shape index (κ3) is 5.95. The van der Waals surface area contributed by atoms with E-state index in [0.717, 1.165) is 27.0 Å². The Morgan fingerprint density at radius 2 is 1.83 bits per heavy atom. The quantitative estimate of drug-likeness (QED) is 0.173. The zero-order chi connectivity index (χ0) is 25.7. The van der Waals surface area contributed by atoms with E-state index in [9.17, 15) is 14.9 Å². The number of nitro benzene ring substituents is 1. The van der Waals surface area contributed by atoms with Gasteiger partial charge in [0.05, 0.1) is 22.6 Å². The summed E-state index contributed by atoms with van der Waals surface area (Å²) in [6.45, 7) is 2.62. The lowest BCUT2D eigenvalue weighted by Crippen LogP contribution is -2.28. The maximum Gasteiger partial charge on any atom is 0.269 e. The predicted molar refractivity (Wildman–Crippen MR) is 145 cm³/mol.